The molecule has 0 heterocycles. The van der Waals surface area contributed by atoms with Crippen LogP contribution in [0.1, 0.15) is 20.8 Å². The molecular formula is C7H13NO5. The van der Waals surface area contributed by atoms with Crippen molar-refractivity contribution in [2.45, 2.75) is 20.8 Å². The number of Topliss-reactive ketones (excluding diaryl/α,β-unsaturated/α-hetero) is 1. The quantitative estimate of drug-likeness (QED) is 0.295. The third kappa shape index (κ3) is 13.4. The van der Waals surface area contributed by atoms with E-state index in [1.165, 1.54) is 13.8 Å². The predicted molar refractivity (Wildman–Crippen MR) is 45.2 cm³/mol. The summed E-state index contributed by atoms with van der Waals surface area (Å²) in [7, 11) is 0. The minimum absolute atomic E-state index is 0.139. The molecule has 0 atom stereocenters. The third-order valence-corrected chi connectivity index (χ3v) is 0.927. The van der Waals surface area contributed by atoms with E-state index in [0.29, 0.717) is 0 Å². The predicted octanol–water partition coefficient (Wildman–Crippen LogP) is 1.13. The number of carbonyl (C=O) groups excluding carboxylic acids is 1. The van der Waals surface area contributed by atoms with E-state index in [1.807, 2.05) is 0 Å². The number of oxime groups is 1. The van der Waals surface area contributed by atoms with Gasteiger partial charge in [0.15, 0.2) is 5.78 Å². The Morgan fingerprint density at radius 2 is 1.85 bits per heavy atom. The first-order chi connectivity index (χ1) is 5.95. The fraction of sp³-hybridized carbons (Fsp3) is 0.571. The molecule has 76 valence electrons. The molecule has 0 radical (unpaired) electrons. The Hall–Kier alpha value is -1.59. The van der Waals surface area contributed by atoms with Crippen LogP contribution in [0.25, 0.3) is 0 Å². The van der Waals surface area contributed by atoms with E-state index in [2.05, 4.69) is 9.89 Å². The summed E-state index contributed by atoms with van der Waals surface area (Å²) in [6.07, 6.45) is -1.21. The zero-order chi connectivity index (χ0) is 10.9. The van der Waals surface area contributed by atoms with Gasteiger partial charge in [0.1, 0.15) is 5.71 Å². The maximum absolute atomic E-state index is 10.1. The van der Waals surface area contributed by atoms with Crippen LogP contribution in [0.2, 0.25) is 0 Å². The molecule has 6 heteroatoms. The highest BCUT2D eigenvalue weighted by molar-refractivity contribution is 6.37. The van der Waals surface area contributed by atoms with Crippen LogP contribution in [0.5, 0.6) is 0 Å². The van der Waals surface area contributed by atoms with Crippen molar-refractivity contribution < 1.29 is 24.6 Å². The van der Waals surface area contributed by atoms with Crippen LogP contribution in [0.3, 0.4) is 0 Å². The Balaban J connectivity index is 0. The summed E-state index contributed by atoms with van der Waals surface area (Å²) in [5, 5.41) is 18.2. The lowest BCUT2D eigenvalue weighted by atomic mass is 10.3. The van der Waals surface area contributed by atoms with Crippen molar-refractivity contribution in [2.75, 3.05) is 6.61 Å². The third-order valence-electron chi connectivity index (χ3n) is 0.927. The first-order valence-corrected chi connectivity index (χ1v) is 3.51. The van der Waals surface area contributed by atoms with E-state index in [4.69, 9.17) is 10.3 Å². The van der Waals surface area contributed by atoms with Gasteiger partial charge in [0.25, 0.3) is 0 Å². The monoisotopic (exact) mass is 191 g/mol. The number of carbonyl (C=O) groups is 2. The number of rotatable bonds is 2. The number of nitrogens with zero attached hydrogens (tertiary/aromatic N) is 1. The standard InChI is InChI=1S/C4H7NO2.C3H6O3/c1-3(5-7)4(2)6;1-2-6-3(4)5/h7H,1-2H3;2H2,1H3,(H,4,5). The average Bonchev–Trinajstić information content (AvgIpc) is 2.03. The van der Waals surface area contributed by atoms with E-state index < -0.39 is 6.16 Å². The van der Waals surface area contributed by atoms with Crippen LogP contribution < -0.4 is 0 Å². The van der Waals surface area contributed by atoms with Crippen LogP contribution in [-0.2, 0) is 9.53 Å². The zero-order valence-corrected chi connectivity index (χ0v) is 7.77. The molecule has 0 aromatic heterocycles. The van der Waals surface area contributed by atoms with E-state index in [1.54, 1.807) is 6.92 Å². The molecule has 6 nitrogen and oxygen atoms in total. The smallest absolute Gasteiger partial charge is 0.450 e. The van der Waals surface area contributed by atoms with Crippen LogP contribution in [0.15, 0.2) is 5.16 Å². The highest BCUT2D eigenvalue weighted by Gasteiger charge is 1.94. The van der Waals surface area contributed by atoms with E-state index >= 15 is 0 Å². The first kappa shape index (κ1) is 14.0. The molecule has 0 rings (SSSR count). The fourth-order valence-electron chi connectivity index (χ4n) is 0.194. The lowest BCUT2D eigenvalue weighted by molar-refractivity contribution is -0.111. The van der Waals surface area contributed by atoms with Crippen molar-refractivity contribution in [1.29, 1.82) is 0 Å². The van der Waals surface area contributed by atoms with Gasteiger partial charge >= 0.3 is 6.16 Å². The van der Waals surface area contributed by atoms with Crippen LogP contribution >= 0.6 is 0 Å². The largest absolute Gasteiger partial charge is 0.505 e. The summed E-state index contributed by atoms with van der Waals surface area (Å²) in [6, 6.07) is 0. The summed E-state index contributed by atoms with van der Waals surface area (Å²) in [6.45, 7) is 4.64. The molecule has 0 saturated carbocycles. The molecular weight excluding hydrogens is 178 g/mol. The highest BCUT2D eigenvalue weighted by atomic mass is 16.7. The number of hydrogen-bond donors (Lipinski definition) is 2. The highest BCUT2D eigenvalue weighted by Crippen LogP contribution is 1.73. The number of ketones is 1. The second kappa shape index (κ2) is 8.51. The Labute approximate surface area is 75.8 Å². The van der Waals surface area contributed by atoms with E-state index in [9.17, 15) is 9.59 Å². The lowest BCUT2D eigenvalue weighted by Crippen LogP contribution is -2.02. The maximum atomic E-state index is 10.1. The summed E-state index contributed by atoms with van der Waals surface area (Å²) >= 11 is 0. The van der Waals surface area contributed by atoms with Crippen molar-refractivity contribution in [3.05, 3.63) is 0 Å². The molecule has 0 aromatic rings. The van der Waals surface area contributed by atoms with Crippen molar-refractivity contribution in [3.8, 4) is 0 Å². The summed E-state index contributed by atoms with van der Waals surface area (Å²) in [4.78, 5) is 19.5. The maximum Gasteiger partial charge on any atom is 0.505 e. The molecule has 13 heavy (non-hydrogen) atoms. The van der Waals surface area contributed by atoms with Gasteiger partial charge in [0, 0.05) is 6.92 Å². The lowest BCUT2D eigenvalue weighted by Gasteiger charge is -1.87. The number of carboxylic acid groups (broad SMARTS) is 1. The van der Waals surface area contributed by atoms with Gasteiger partial charge in [-0.05, 0) is 13.8 Å². The van der Waals surface area contributed by atoms with Crippen molar-refractivity contribution in [3.63, 3.8) is 0 Å². The molecule has 0 bridgehead atoms. The van der Waals surface area contributed by atoms with Gasteiger partial charge in [-0.25, -0.2) is 4.79 Å². The van der Waals surface area contributed by atoms with Gasteiger partial charge in [-0.15, -0.1) is 0 Å². The summed E-state index contributed by atoms with van der Waals surface area (Å²) < 4.78 is 3.96. The van der Waals surface area contributed by atoms with Crippen LogP contribution in [0, 0.1) is 0 Å². The summed E-state index contributed by atoms with van der Waals surface area (Å²) in [5.41, 5.74) is 0.139. The molecule has 0 aromatic carbocycles. The van der Waals surface area contributed by atoms with Gasteiger partial charge in [-0.2, -0.15) is 0 Å². The minimum Gasteiger partial charge on any atom is -0.450 e. The van der Waals surface area contributed by atoms with Crippen molar-refractivity contribution >= 4 is 17.7 Å². The second-order valence-electron chi connectivity index (χ2n) is 1.94. The normalized spacial score (nSPS) is 9.62. The Kier molecular flexibility index (Phi) is 9.14. The SMILES string of the molecule is CC(=O)C(C)=NO.CCOC(=O)O. The van der Waals surface area contributed by atoms with E-state index in [-0.39, 0.29) is 18.1 Å². The van der Waals surface area contributed by atoms with Gasteiger partial charge in [0.05, 0.1) is 6.61 Å². The molecule has 0 amide bonds. The van der Waals surface area contributed by atoms with Gasteiger partial charge < -0.3 is 15.1 Å². The van der Waals surface area contributed by atoms with Crippen molar-refractivity contribution in [2.24, 2.45) is 5.16 Å². The number of ether oxygens (including phenoxy) is 1. The molecule has 0 saturated heterocycles. The van der Waals surface area contributed by atoms with Crippen LogP contribution in [-0.4, -0.2) is 34.6 Å². The summed E-state index contributed by atoms with van der Waals surface area (Å²) in [5.74, 6) is -0.206. The molecule has 0 spiro atoms. The topological polar surface area (TPSA) is 96.2 Å². The molecule has 0 aliphatic rings. The molecule has 0 aliphatic carbocycles. The van der Waals surface area contributed by atoms with Gasteiger partial charge in [-0.3, -0.25) is 4.79 Å². The molecule has 0 unspecified atom stereocenters. The first-order valence-electron chi connectivity index (χ1n) is 3.51. The van der Waals surface area contributed by atoms with E-state index in [0.717, 1.165) is 0 Å². The molecule has 0 aliphatic heterocycles. The fourth-order valence-corrected chi connectivity index (χ4v) is 0.194. The minimum atomic E-state index is -1.21. The van der Waals surface area contributed by atoms with Crippen molar-refractivity contribution in [1.82, 2.24) is 0 Å². The Morgan fingerprint density at radius 3 is 1.85 bits per heavy atom. The number of hydrogen-bond acceptors (Lipinski definition) is 5. The molecule has 0 fully saturated rings. The Morgan fingerprint density at radius 1 is 1.38 bits per heavy atom. The van der Waals surface area contributed by atoms with Gasteiger partial charge in [-0.1, -0.05) is 5.16 Å². The average molecular weight is 191 g/mol. The van der Waals surface area contributed by atoms with Crippen LogP contribution in [0.4, 0.5) is 4.79 Å². The second-order valence-corrected chi connectivity index (χ2v) is 1.94. The Bertz CT molecular complexity index is 199. The van der Waals surface area contributed by atoms with Gasteiger partial charge in [0.2, 0.25) is 0 Å². The zero-order valence-electron chi connectivity index (χ0n) is 7.77. The molecule has 2 N–H and O–H groups in total.